The molecule has 1 heterocycles. The van der Waals surface area contributed by atoms with Gasteiger partial charge in [0.2, 0.25) is 0 Å². The Bertz CT molecular complexity index is 542. The summed E-state index contributed by atoms with van der Waals surface area (Å²) in [5, 5.41) is 0. The van der Waals surface area contributed by atoms with E-state index in [9.17, 15) is 0 Å². The topological polar surface area (TPSA) is 21.8 Å². The van der Waals surface area contributed by atoms with Crippen LogP contribution in [-0.4, -0.2) is 26.6 Å². The van der Waals surface area contributed by atoms with Crippen LogP contribution in [0, 0.1) is 5.92 Å². The summed E-state index contributed by atoms with van der Waals surface area (Å²) in [6.45, 7) is 9.24. The molecule has 3 heteroatoms. The maximum absolute atomic E-state index is 6.81. The fraction of sp³-hybridized carbons (Fsp3) is 0.600. The highest BCUT2D eigenvalue weighted by Gasteiger charge is 2.50. The van der Waals surface area contributed by atoms with Crippen LogP contribution in [-0.2, 0) is 9.16 Å². The number of hydrogen-bond donors (Lipinski definition) is 0. The zero-order valence-electron chi connectivity index (χ0n) is 14.9. The second kappa shape index (κ2) is 6.92. The molecular formula is C20H30O2Si. The van der Waals surface area contributed by atoms with Gasteiger partial charge in [-0.05, 0) is 35.7 Å². The largest absolute Gasteiger partial charge is 0.413 e. The Morgan fingerprint density at radius 1 is 1.09 bits per heavy atom. The first-order chi connectivity index (χ1) is 11.1. The molecule has 0 spiro atoms. The number of rotatable bonds is 6. The van der Waals surface area contributed by atoms with Gasteiger partial charge in [0.15, 0.2) is 8.32 Å². The maximum atomic E-state index is 6.81. The summed E-state index contributed by atoms with van der Waals surface area (Å²) in [5.41, 5.74) is 2.67. The summed E-state index contributed by atoms with van der Waals surface area (Å²) in [6, 6.07) is 14.3. The summed E-state index contributed by atoms with van der Waals surface area (Å²) in [5.74, 6) is 0.481. The van der Waals surface area contributed by atoms with Gasteiger partial charge in [-0.15, -0.1) is 0 Å². The van der Waals surface area contributed by atoms with Gasteiger partial charge < -0.3 is 9.16 Å². The van der Waals surface area contributed by atoms with Crippen molar-refractivity contribution in [1.82, 2.24) is 0 Å². The Balaban J connectivity index is 1.81. The molecule has 0 saturated carbocycles. The Morgan fingerprint density at radius 2 is 1.74 bits per heavy atom. The minimum atomic E-state index is -1.57. The third-order valence-electron chi connectivity index (χ3n) is 5.95. The van der Waals surface area contributed by atoms with Crippen molar-refractivity contribution in [2.75, 3.05) is 0 Å². The molecule has 2 nitrogen and oxygen atoms in total. The molecule has 0 unspecified atom stereocenters. The van der Waals surface area contributed by atoms with Crippen LogP contribution in [0.1, 0.15) is 39.7 Å². The lowest BCUT2D eigenvalue weighted by molar-refractivity contribution is 0.113. The monoisotopic (exact) mass is 330 g/mol. The van der Waals surface area contributed by atoms with E-state index in [0.29, 0.717) is 18.1 Å². The van der Waals surface area contributed by atoms with E-state index >= 15 is 0 Å². The molecule has 1 aromatic rings. The Kier molecular flexibility index (Phi) is 5.09. The van der Waals surface area contributed by atoms with Gasteiger partial charge in [0, 0.05) is 5.92 Å². The van der Waals surface area contributed by atoms with E-state index in [1.54, 1.807) is 0 Å². The van der Waals surface area contributed by atoms with Crippen LogP contribution < -0.4 is 0 Å². The quantitative estimate of drug-likeness (QED) is 0.523. The van der Waals surface area contributed by atoms with Crippen LogP contribution in [0.25, 0.3) is 5.57 Å². The lowest BCUT2D eigenvalue weighted by atomic mass is 9.97. The second-order valence-electron chi connectivity index (χ2n) is 7.04. The highest BCUT2D eigenvalue weighted by Crippen LogP contribution is 2.45. The van der Waals surface area contributed by atoms with E-state index in [4.69, 9.17) is 9.16 Å². The van der Waals surface area contributed by atoms with Gasteiger partial charge in [0.1, 0.15) is 6.10 Å². The van der Waals surface area contributed by atoms with Gasteiger partial charge >= 0.3 is 0 Å². The van der Waals surface area contributed by atoms with E-state index in [-0.39, 0.29) is 6.10 Å². The van der Waals surface area contributed by atoms with Crippen LogP contribution >= 0.6 is 0 Å². The highest BCUT2D eigenvalue weighted by atomic mass is 28.4. The average Bonchev–Trinajstić information content (AvgIpc) is 3.39. The number of benzene rings is 1. The minimum Gasteiger partial charge on any atom is -0.413 e. The first-order valence-electron chi connectivity index (χ1n) is 9.23. The van der Waals surface area contributed by atoms with Crippen molar-refractivity contribution in [3.8, 4) is 0 Å². The first-order valence-corrected chi connectivity index (χ1v) is 11.8. The molecule has 23 heavy (non-hydrogen) atoms. The van der Waals surface area contributed by atoms with E-state index in [1.807, 2.05) is 0 Å². The van der Waals surface area contributed by atoms with E-state index in [1.165, 1.54) is 29.3 Å². The second-order valence-corrected chi connectivity index (χ2v) is 11.8. The third-order valence-corrected chi connectivity index (χ3v) is 10.6. The minimum absolute atomic E-state index is 0.280. The lowest BCUT2D eigenvalue weighted by Crippen LogP contribution is -2.42. The maximum Gasteiger partial charge on any atom is 0.192 e. The molecule has 0 amide bonds. The van der Waals surface area contributed by atoms with Crippen LogP contribution in [0.3, 0.4) is 0 Å². The van der Waals surface area contributed by atoms with E-state index in [0.717, 1.165) is 6.42 Å². The van der Waals surface area contributed by atoms with Crippen molar-refractivity contribution in [1.29, 1.82) is 0 Å². The fourth-order valence-electron chi connectivity index (χ4n) is 3.95. The highest BCUT2D eigenvalue weighted by molar-refractivity contribution is 6.73. The van der Waals surface area contributed by atoms with Crippen LogP contribution in [0.2, 0.25) is 18.1 Å². The number of ether oxygens (including phenoxy) is 1. The normalized spacial score (nSPS) is 30.3. The summed E-state index contributed by atoms with van der Waals surface area (Å²) in [4.78, 5) is 0. The zero-order valence-corrected chi connectivity index (χ0v) is 15.9. The molecule has 3 rings (SSSR count). The molecular weight excluding hydrogens is 300 g/mol. The van der Waals surface area contributed by atoms with Crippen LogP contribution in [0.15, 0.2) is 36.4 Å². The van der Waals surface area contributed by atoms with Crippen molar-refractivity contribution < 1.29 is 9.16 Å². The molecule has 1 aromatic carbocycles. The van der Waals surface area contributed by atoms with Gasteiger partial charge in [-0.2, -0.15) is 0 Å². The van der Waals surface area contributed by atoms with Gasteiger partial charge in [0.05, 0.1) is 12.2 Å². The predicted octanol–water partition coefficient (Wildman–Crippen LogP) is 5.27. The van der Waals surface area contributed by atoms with Gasteiger partial charge in [-0.3, -0.25) is 0 Å². The molecule has 4 atom stereocenters. The first kappa shape index (κ1) is 16.9. The van der Waals surface area contributed by atoms with Crippen molar-refractivity contribution >= 4 is 13.9 Å². The summed E-state index contributed by atoms with van der Waals surface area (Å²) in [7, 11) is -1.57. The van der Waals surface area contributed by atoms with Gasteiger partial charge in [-0.1, -0.05) is 64.1 Å². The summed E-state index contributed by atoms with van der Waals surface area (Å²) in [6.07, 6.45) is 4.34. The third kappa shape index (κ3) is 3.33. The fourth-order valence-corrected chi connectivity index (χ4v) is 6.90. The van der Waals surface area contributed by atoms with Crippen molar-refractivity contribution in [3.05, 3.63) is 42.0 Å². The molecule has 1 aliphatic carbocycles. The Hall–Kier alpha value is -0.903. The molecule has 0 aromatic heterocycles. The Labute approximate surface area is 142 Å². The molecule has 1 saturated heterocycles. The number of hydrogen-bond acceptors (Lipinski definition) is 2. The molecule has 0 bridgehead atoms. The summed E-state index contributed by atoms with van der Waals surface area (Å²) >= 11 is 0. The van der Waals surface area contributed by atoms with Crippen molar-refractivity contribution in [2.24, 2.45) is 5.92 Å². The smallest absolute Gasteiger partial charge is 0.192 e. The SMILES string of the molecule is CC[Si](CC)(CC)O[C@@H]1CC=C(c2ccccc2)[C@@H]2O[C@@H]2[C@H]1C. The summed E-state index contributed by atoms with van der Waals surface area (Å²) < 4.78 is 12.9. The molecule has 1 fully saturated rings. The van der Waals surface area contributed by atoms with Crippen molar-refractivity contribution in [3.63, 3.8) is 0 Å². The molecule has 0 radical (unpaired) electrons. The molecule has 2 aliphatic rings. The molecule has 0 N–H and O–H groups in total. The van der Waals surface area contributed by atoms with Gasteiger partial charge in [0.25, 0.3) is 0 Å². The lowest BCUT2D eigenvalue weighted by Gasteiger charge is -2.35. The Morgan fingerprint density at radius 3 is 2.35 bits per heavy atom. The standard InChI is InChI=1S/C20H30O2Si/c1-5-23(6-2,7-3)22-18-14-13-17(16-11-9-8-10-12-16)20-19(21-20)15(18)4/h8-13,15,18-20H,5-7,14H2,1-4H3/t15-,18+,19+,20-/m0/s1. The van der Waals surface area contributed by atoms with E-state index < -0.39 is 8.32 Å². The average molecular weight is 331 g/mol. The zero-order chi connectivity index (χ0) is 16.4. The number of epoxide rings is 1. The molecule has 126 valence electrons. The van der Waals surface area contributed by atoms with E-state index in [2.05, 4.69) is 64.1 Å². The molecule has 1 aliphatic heterocycles. The van der Waals surface area contributed by atoms with Crippen LogP contribution in [0.4, 0.5) is 0 Å². The van der Waals surface area contributed by atoms with Crippen molar-refractivity contribution in [2.45, 2.75) is 70.6 Å². The van der Waals surface area contributed by atoms with Crippen LogP contribution in [0.5, 0.6) is 0 Å². The predicted molar refractivity (Wildman–Crippen MR) is 98.9 cm³/mol. The van der Waals surface area contributed by atoms with Gasteiger partial charge in [-0.25, -0.2) is 0 Å². The number of fused-ring (bicyclic) bond motifs is 1.